The number of nitrogens with zero attached hydrogens (tertiary/aromatic N) is 5. The first-order chi connectivity index (χ1) is 14.4. The summed E-state index contributed by atoms with van der Waals surface area (Å²) in [7, 11) is 0. The second-order valence-electron chi connectivity index (χ2n) is 7.06. The number of aromatic nitrogens is 6. The molecule has 1 aromatic carbocycles. The summed E-state index contributed by atoms with van der Waals surface area (Å²) in [5.41, 5.74) is 4.39. The molecule has 3 heterocycles. The van der Waals surface area contributed by atoms with Gasteiger partial charge in [-0.1, -0.05) is 30.3 Å². The fourth-order valence-electron chi connectivity index (χ4n) is 3.63. The fourth-order valence-corrected chi connectivity index (χ4v) is 3.63. The SMILES string of the molecule is c1ccc(-c2n[nH]c(CCNc3nc(-c4ccncc4)nc4c3CCC4)n2)cc1. The van der Waals surface area contributed by atoms with E-state index in [9.17, 15) is 0 Å². The molecule has 0 unspecified atom stereocenters. The third-order valence-corrected chi connectivity index (χ3v) is 5.09. The van der Waals surface area contributed by atoms with Crippen LogP contribution in [0.4, 0.5) is 5.82 Å². The van der Waals surface area contributed by atoms with Crippen molar-refractivity contribution in [3.05, 3.63) is 71.9 Å². The molecular formula is C22H21N7. The highest BCUT2D eigenvalue weighted by Crippen LogP contribution is 2.29. The molecule has 0 aliphatic heterocycles. The summed E-state index contributed by atoms with van der Waals surface area (Å²) in [6.07, 6.45) is 7.44. The predicted octanol–water partition coefficient (Wildman–Crippen LogP) is 3.47. The molecule has 0 spiro atoms. The lowest BCUT2D eigenvalue weighted by molar-refractivity contribution is 0.889. The van der Waals surface area contributed by atoms with E-state index in [1.165, 1.54) is 5.56 Å². The van der Waals surface area contributed by atoms with Crippen molar-refractivity contribution in [3.8, 4) is 22.8 Å². The topological polar surface area (TPSA) is 92.3 Å². The summed E-state index contributed by atoms with van der Waals surface area (Å²) in [5.74, 6) is 3.27. The zero-order valence-electron chi connectivity index (χ0n) is 16.0. The molecule has 0 amide bonds. The molecule has 4 aromatic rings. The highest BCUT2D eigenvalue weighted by molar-refractivity contribution is 5.60. The van der Waals surface area contributed by atoms with Crippen LogP contribution in [-0.2, 0) is 19.3 Å². The molecular weight excluding hydrogens is 362 g/mol. The van der Waals surface area contributed by atoms with E-state index < -0.39 is 0 Å². The normalized spacial score (nSPS) is 12.7. The van der Waals surface area contributed by atoms with Gasteiger partial charge in [-0.3, -0.25) is 10.1 Å². The van der Waals surface area contributed by atoms with Crippen molar-refractivity contribution in [2.24, 2.45) is 0 Å². The molecule has 29 heavy (non-hydrogen) atoms. The molecule has 2 N–H and O–H groups in total. The zero-order chi connectivity index (χ0) is 19.5. The number of rotatable bonds is 6. The van der Waals surface area contributed by atoms with Gasteiger partial charge in [0.2, 0.25) is 0 Å². The van der Waals surface area contributed by atoms with E-state index in [2.05, 4.69) is 25.5 Å². The maximum atomic E-state index is 4.80. The average Bonchev–Trinajstić information content (AvgIpc) is 3.44. The number of anilines is 1. The highest BCUT2D eigenvalue weighted by Gasteiger charge is 2.20. The number of benzene rings is 1. The maximum absolute atomic E-state index is 4.80. The Morgan fingerprint density at radius 1 is 0.862 bits per heavy atom. The van der Waals surface area contributed by atoms with Crippen molar-refractivity contribution in [3.63, 3.8) is 0 Å². The highest BCUT2D eigenvalue weighted by atomic mass is 15.2. The van der Waals surface area contributed by atoms with Gasteiger partial charge in [-0.05, 0) is 31.4 Å². The van der Waals surface area contributed by atoms with Gasteiger partial charge >= 0.3 is 0 Å². The molecule has 3 aromatic heterocycles. The van der Waals surface area contributed by atoms with E-state index in [4.69, 9.17) is 9.97 Å². The van der Waals surface area contributed by atoms with Crippen molar-refractivity contribution in [1.29, 1.82) is 0 Å². The zero-order valence-corrected chi connectivity index (χ0v) is 16.0. The van der Waals surface area contributed by atoms with Gasteiger partial charge in [0.1, 0.15) is 11.6 Å². The summed E-state index contributed by atoms with van der Waals surface area (Å²) in [6, 6.07) is 13.9. The van der Waals surface area contributed by atoms with Gasteiger partial charge in [0.25, 0.3) is 0 Å². The van der Waals surface area contributed by atoms with E-state index >= 15 is 0 Å². The summed E-state index contributed by atoms with van der Waals surface area (Å²) < 4.78 is 0. The smallest absolute Gasteiger partial charge is 0.181 e. The van der Waals surface area contributed by atoms with Crippen LogP contribution >= 0.6 is 0 Å². The maximum Gasteiger partial charge on any atom is 0.181 e. The van der Waals surface area contributed by atoms with Gasteiger partial charge in [-0.2, -0.15) is 5.10 Å². The molecule has 144 valence electrons. The van der Waals surface area contributed by atoms with Crippen LogP contribution in [0.25, 0.3) is 22.8 Å². The van der Waals surface area contributed by atoms with Crippen molar-refractivity contribution in [2.45, 2.75) is 25.7 Å². The van der Waals surface area contributed by atoms with E-state index in [1.54, 1.807) is 12.4 Å². The number of hydrogen-bond donors (Lipinski definition) is 2. The minimum absolute atomic E-state index is 0.725. The minimum Gasteiger partial charge on any atom is -0.369 e. The third-order valence-electron chi connectivity index (χ3n) is 5.09. The lowest BCUT2D eigenvalue weighted by Gasteiger charge is -2.12. The van der Waals surface area contributed by atoms with Gasteiger partial charge in [-0.25, -0.2) is 15.0 Å². The van der Waals surface area contributed by atoms with Gasteiger partial charge < -0.3 is 5.32 Å². The molecule has 0 fully saturated rings. The van der Waals surface area contributed by atoms with Crippen LogP contribution in [0.3, 0.4) is 0 Å². The van der Waals surface area contributed by atoms with Gasteiger partial charge in [0.05, 0.1) is 0 Å². The number of H-pyrrole nitrogens is 1. The summed E-state index contributed by atoms with van der Waals surface area (Å²) in [5, 5.41) is 10.9. The average molecular weight is 383 g/mol. The molecule has 1 aliphatic rings. The lowest BCUT2D eigenvalue weighted by atomic mass is 10.2. The second kappa shape index (κ2) is 7.79. The molecule has 5 rings (SSSR count). The van der Waals surface area contributed by atoms with Crippen molar-refractivity contribution >= 4 is 5.82 Å². The molecule has 1 aliphatic carbocycles. The number of hydrogen-bond acceptors (Lipinski definition) is 6. The first-order valence-corrected chi connectivity index (χ1v) is 9.87. The summed E-state index contributed by atoms with van der Waals surface area (Å²) in [6.45, 7) is 0.725. The van der Waals surface area contributed by atoms with Crippen LogP contribution in [0.2, 0.25) is 0 Å². The molecule has 7 heteroatoms. The van der Waals surface area contributed by atoms with Gasteiger partial charge in [0.15, 0.2) is 11.6 Å². The number of aromatic amines is 1. The lowest BCUT2D eigenvalue weighted by Crippen LogP contribution is -2.11. The van der Waals surface area contributed by atoms with Crippen LogP contribution in [0.1, 0.15) is 23.5 Å². The monoisotopic (exact) mass is 383 g/mol. The second-order valence-corrected chi connectivity index (χ2v) is 7.06. The van der Waals surface area contributed by atoms with E-state index in [0.717, 1.165) is 72.3 Å². The fraction of sp³-hybridized carbons (Fsp3) is 0.227. The number of pyridine rings is 1. The largest absolute Gasteiger partial charge is 0.369 e. The van der Waals surface area contributed by atoms with Crippen molar-refractivity contribution < 1.29 is 0 Å². The van der Waals surface area contributed by atoms with Crippen LogP contribution in [0.5, 0.6) is 0 Å². The van der Waals surface area contributed by atoms with Gasteiger partial charge in [-0.15, -0.1) is 0 Å². The molecule has 7 nitrogen and oxygen atoms in total. The summed E-state index contributed by atoms with van der Waals surface area (Å²) in [4.78, 5) is 18.3. The first kappa shape index (κ1) is 17.5. The Kier molecular flexibility index (Phi) is 4.70. The van der Waals surface area contributed by atoms with Crippen LogP contribution in [-0.4, -0.2) is 36.7 Å². The molecule has 0 bridgehead atoms. The first-order valence-electron chi connectivity index (χ1n) is 9.87. The number of fused-ring (bicyclic) bond motifs is 1. The standard InChI is InChI=1S/C22H21N7/c1-2-5-15(6-3-1)21-26-19(28-29-21)11-14-24-22-17-7-4-8-18(17)25-20(27-22)16-9-12-23-13-10-16/h1-3,5-6,9-10,12-13H,4,7-8,11,14H2,(H,24,25,27)(H,26,28,29). The van der Waals surface area contributed by atoms with Gasteiger partial charge in [0, 0.05) is 47.7 Å². The Balaban J connectivity index is 1.31. The predicted molar refractivity (Wildman–Crippen MR) is 111 cm³/mol. The van der Waals surface area contributed by atoms with Crippen molar-refractivity contribution in [2.75, 3.05) is 11.9 Å². The van der Waals surface area contributed by atoms with E-state index in [-0.39, 0.29) is 0 Å². The Bertz CT molecular complexity index is 1110. The quantitative estimate of drug-likeness (QED) is 0.530. The minimum atomic E-state index is 0.725. The van der Waals surface area contributed by atoms with E-state index in [1.807, 2.05) is 42.5 Å². The van der Waals surface area contributed by atoms with Crippen molar-refractivity contribution in [1.82, 2.24) is 30.1 Å². The van der Waals surface area contributed by atoms with Crippen LogP contribution in [0, 0.1) is 0 Å². The Morgan fingerprint density at radius 2 is 1.69 bits per heavy atom. The Morgan fingerprint density at radius 3 is 2.55 bits per heavy atom. The number of nitrogens with one attached hydrogen (secondary N) is 2. The Labute approximate surface area is 168 Å². The Hall–Kier alpha value is -3.61. The van der Waals surface area contributed by atoms with E-state index in [0.29, 0.717) is 0 Å². The molecule has 0 saturated heterocycles. The molecule has 0 atom stereocenters. The molecule has 0 radical (unpaired) electrons. The summed E-state index contributed by atoms with van der Waals surface area (Å²) >= 11 is 0. The molecule has 0 saturated carbocycles. The third kappa shape index (κ3) is 3.71. The number of aryl methyl sites for hydroxylation is 1. The van der Waals surface area contributed by atoms with Crippen LogP contribution < -0.4 is 5.32 Å². The van der Waals surface area contributed by atoms with Crippen LogP contribution in [0.15, 0.2) is 54.9 Å².